The van der Waals surface area contributed by atoms with Crippen molar-refractivity contribution < 1.29 is 27.7 Å². The van der Waals surface area contributed by atoms with Crippen molar-refractivity contribution >= 4 is 23.2 Å². The van der Waals surface area contributed by atoms with Gasteiger partial charge in [-0.05, 0) is 18.2 Å². The third-order valence-electron chi connectivity index (χ3n) is 2.57. The van der Waals surface area contributed by atoms with Crippen LogP contribution in [-0.2, 0) is 15.8 Å². The van der Waals surface area contributed by atoms with Crippen molar-refractivity contribution in [1.29, 1.82) is 0 Å². The molecule has 0 aromatic heterocycles. The SMILES string of the molecule is O=C1Nc2ccc(C(F)(F)F)cc2NC(=O)C1[N+](=O)[O-]. The molecule has 20 heavy (non-hydrogen) atoms. The van der Waals surface area contributed by atoms with Crippen molar-refractivity contribution in [1.82, 2.24) is 0 Å². The molecule has 1 atom stereocenters. The Balaban J connectivity index is 2.45. The van der Waals surface area contributed by atoms with Gasteiger partial charge in [-0.15, -0.1) is 0 Å². The van der Waals surface area contributed by atoms with Crippen LogP contribution in [0.5, 0.6) is 0 Å². The maximum atomic E-state index is 12.5. The summed E-state index contributed by atoms with van der Waals surface area (Å²) in [6, 6.07) is -0.0107. The van der Waals surface area contributed by atoms with Crippen LogP contribution in [0.1, 0.15) is 5.56 Å². The number of fused-ring (bicyclic) bond motifs is 1. The molecule has 1 heterocycles. The fourth-order valence-electron chi connectivity index (χ4n) is 1.65. The monoisotopic (exact) mass is 289 g/mol. The van der Waals surface area contributed by atoms with Crippen molar-refractivity contribution in [2.24, 2.45) is 0 Å². The number of carbonyl (C=O) groups is 2. The van der Waals surface area contributed by atoms with Crippen molar-refractivity contribution in [2.45, 2.75) is 12.2 Å². The van der Waals surface area contributed by atoms with E-state index in [1.54, 1.807) is 0 Å². The van der Waals surface area contributed by atoms with E-state index in [4.69, 9.17) is 0 Å². The van der Waals surface area contributed by atoms with Gasteiger partial charge in [0.1, 0.15) is 0 Å². The molecule has 0 aliphatic carbocycles. The fraction of sp³-hybridized carbons (Fsp3) is 0.200. The van der Waals surface area contributed by atoms with Gasteiger partial charge in [-0.1, -0.05) is 0 Å². The summed E-state index contributed by atoms with van der Waals surface area (Å²) in [6.07, 6.45) is -4.64. The molecular formula is C10H6F3N3O4. The molecule has 1 unspecified atom stereocenters. The lowest BCUT2D eigenvalue weighted by Gasteiger charge is -2.11. The molecule has 0 spiro atoms. The highest BCUT2D eigenvalue weighted by atomic mass is 19.4. The van der Waals surface area contributed by atoms with Gasteiger partial charge >= 0.3 is 24.0 Å². The predicted octanol–water partition coefficient (Wildman–Crippen LogP) is 1.24. The Hall–Kier alpha value is -2.65. The van der Waals surface area contributed by atoms with Crippen molar-refractivity contribution in [2.75, 3.05) is 10.6 Å². The summed E-state index contributed by atoms with van der Waals surface area (Å²) in [7, 11) is 0. The first kappa shape index (κ1) is 13.8. The molecule has 1 aromatic carbocycles. The van der Waals surface area contributed by atoms with Crippen LogP contribution in [0.2, 0.25) is 0 Å². The lowest BCUT2D eigenvalue weighted by Crippen LogP contribution is -2.42. The Bertz CT molecular complexity index is 614. The van der Waals surface area contributed by atoms with Crippen LogP contribution in [-0.4, -0.2) is 22.8 Å². The van der Waals surface area contributed by atoms with Gasteiger partial charge in [0.2, 0.25) is 0 Å². The molecule has 1 aliphatic rings. The van der Waals surface area contributed by atoms with Crippen LogP contribution in [0.4, 0.5) is 24.5 Å². The van der Waals surface area contributed by atoms with E-state index < -0.39 is 34.5 Å². The second-order valence-corrected chi connectivity index (χ2v) is 3.92. The van der Waals surface area contributed by atoms with Crippen LogP contribution in [0, 0.1) is 10.1 Å². The zero-order valence-electron chi connectivity index (χ0n) is 9.52. The van der Waals surface area contributed by atoms with Gasteiger partial charge in [0, 0.05) is 4.92 Å². The van der Waals surface area contributed by atoms with Crippen LogP contribution in [0.25, 0.3) is 0 Å². The zero-order valence-corrected chi connectivity index (χ0v) is 9.52. The number of rotatable bonds is 1. The Morgan fingerprint density at radius 2 is 1.65 bits per heavy atom. The van der Waals surface area contributed by atoms with E-state index in [0.717, 1.165) is 6.07 Å². The van der Waals surface area contributed by atoms with E-state index in [1.165, 1.54) is 0 Å². The molecule has 0 bridgehead atoms. The van der Waals surface area contributed by atoms with Gasteiger partial charge in [-0.3, -0.25) is 19.7 Å². The highest BCUT2D eigenvalue weighted by molar-refractivity contribution is 6.17. The predicted molar refractivity (Wildman–Crippen MR) is 59.5 cm³/mol. The van der Waals surface area contributed by atoms with Gasteiger partial charge < -0.3 is 10.6 Å². The number of halogens is 3. The summed E-state index contributed by atoms with van der Waals surface area (Å²) in [4.78, 5) is 32.5. The lowest BCUT2D eigenvalue weighted by molar-refractivity contribution is -0.492. The van der Waals surface area contributed by atoms with E-state index in [-0.39, 0.29) is 11.4 Å². The van der Waals surface area contributed by atoms with Crippen LogP contribution in [0.3, 0.4) is 0 Å². The summed E-state index contributed by atoms with van der Waals surface area (Å²) in [5.74, 6) is -2.52. The Labute approximate surface area is 108 Å². The molecule has 106 valence electrons. The molecule has 2 N–H and O–H groups in total. The molecule has 0 saturated heterocycles. The summed E-state index contributed by atoms with van der Waals surface area (Å²) in [6.45, 7) is 0. The molecule has 2 rings (SSSR count). The molecular weight excluding hydrogens is 283 g/mol. The second kappa shape index (κ2) is 4.47. The normalized spacial score (nSPS) is 18.6. The van der Waals surface area contributed by atoms with Crippen LogP contribution >= 0.6 is 0 Å². The molecule has 0 saturated carbocycles. The average Bonchev–Trinajstić information content (AvgIpc) is 2.41. The van der Waals surface area contributed by atoms with Crippen LogP contribution in [0.15, 0.2) is 18.2 Å². The van der Waals surface area contributed by atoms with Crippen LogP contribution < -0.4 is 10.6 Å². The van der Waals surface area contributed by atoms with E-state index in [9.17, 15) is 32.9 Å². The summed E-state index contributed by atoms with van der Waals surface area (Å²) >= 11 is 0. The number of benzene rings is 1. The van der Waals surface area contributed by atoms with Gasteiger partial charge in [0.25, 0.3) is 0 Å². The second-order valence-electron chi connectivity index (χ2n) is 3.92. The van der Waals surface area contributed by atoms with Gasteiger partial charge in [-0.25, -0.2) is 0 Å². The standard InChI is InChI=1S/C10H6F3N3O4/c11-10(12,13)4-1-2-5-6(3-4)15-9(18)7(16(19)20)8(17)14-5/h1-3,7H,(H,14,17)(H,15,18). The first-order valence-corrected chi connectivity index (χ1v) is 5.16. The van der Waals surface area contributed by atoms with Gasteiger partial charge in [-0.2, -0.15) is 13.2 Å². The van der Waals surface area contributed by atoms with Crippen molar-refractivity contribution in [3.8, 4) is 0 Å². The van der Waals surface area contributed by atoms with E-state index >= 15 is 0 Å². The smallest absolute Gasteiger partial charge is 0.318 e. The number of amides is 2. The van der Waals surface area contributed by atoms with Gasteiger partial charge in [0.05, 0.1) is 16.9 Å². The Kier molecular flexibility index (Phi) is 3.08. The van der Waals surface area contributed by atoms with E-state index in [1.807, 2.05) is 10.6 Å². The first-order chi connectivity index (χ1) is 9.20. The van der Waals surface area contributed by atoms with E-state index in [2.05, 4.69) is 0 Å². The maximum Gasteiger partial charge on any atom is 0.416 e. The Morgan fingerprint density at radius 1 is 1.10 bits per heavy atom. The van der Waals surface area contributed by atoms with Crippen molar-refractivity contribution in [3.63, 3.8) is 0 Å². The topological polar surface area (TPSA) is 101 Å². The highest BCUT2D eigenvalue weighted by Gasteiger charge is 2.41. The summed E-state index contributed by atoms with van der Waals surface area (Å²) in [5.41, 5.74) is -1.53. The molecule has 0 radical (unpaired) electrons. The quantitative estimate of drug-likeness (QED) is 0.461. The number of nitrogens with one attached hydrogen (secondary N) is 2. The maximum absolute atomic E-state index is 12.5. The third kappa shape index (κ3) is 2.39. The summed E-state index contributed by atoms with van der Waals surface area (Å²) < 4.78 is 37.6. The lowest BCUT2D eigenvalue weighted by atomic mass is 10.1. The number of alkyl halides is 3. The third-order valence-corrected chi connectivity index (χ3v) is 2.57. The number of hydrogen-bond donors (Lipinski definition) is 2. The van der Waals surface area contributed by atoms with E-state index in [0.29, 0.717) is 12.1 Å². The molecule has 1 aliphatic heterocycles. The number of nitro groups is 1. The zero-order chi connectivity index (χ0) is 15.1. The minimum Gasteiger partial charge on any atom is -0.318 e. The largest absolute Gasteiger partial charge is 0.416 e. The minimum absolute atomic E-state index is 0.138. The Morgan fingerprint density at radius 3 is 2.15 bits per heavy atom. The number of nitrogens with zero attached hydrogens (tertiary/aromatic N) is 1. The fourth-order valence-corrected chi connectivity index (χ4v) is 1.65. The molecule has 7 nitrogen and oxygen atoms in total. The molecule has 1 aromatic rings. The average molecular weight is 289 g/mol. The number of hydrogen-bond acceptors (Lipinski definition) is 4. The molecule has 10 heteroatoms. The highest BCUT2D eigenvalue weighted by Crippen LogP contribution is 2.34. The molecule has 2 amide bonds. The van der Waals surface area contributed by atoms with Gasteiger partial charge in [0.15, 0.2) is 0 Å². The number of carbonyl (C=O) groups excluding carboxylic acids is 2. The van der Waals surface area contributed by atoms with Crippen molar-refractivity contribution in [3.05, 3.63) is 33.9 Å². The summed E-state index contributed by atoms with van der Waals surface area (Å²) in [5, 5.41) is 14.6. The minimum atomic E-state index is -4.64. The first-order valence-electron chi connectivity index (χ1n) is 5.16. The number of anilines is 2. The molecule has 0 fully saturated rings.